The maximum Gasteiger partial charge on any atom is 0.138 e. The van der Waals surface area contributed by atoms with Gasteiger partial charge in [0.2, 0.25) is 0 Å². The molecular formula is C14H26O2. The van der Waals surface area contributed by atoms with Gasteiger partial charge in [0.1, 0.15) is 11.6 Å². The van der Waals surface area contributed by atoms with Crippen LogP contribution in [0.2, 0.25) is 0 Å². The van der Waals surface area contributed by atoms with E-state index in [2.05, 4.69) is 20.8 Å². The second-order valence-corrected chi connectivity index (χ2v) is 6.38. The summed E-state index contributed by atoms with van der Waals surface area (Å²) in [5.74, 6) is 0.155. The Morgan fingerprint density at radius 3 is 1.75 bits per heavy atom. The molecule has 0 bridgehead atoms. The van der Waals surface area contributed by atoms with Crippen LogP contribution in [0.1, 0.15) is 61.3 Å². The molecule has 0 saturated heterocycles. The topological polar surface area (TPSA) is 34.1 Å². The fourth-order valence-electron chi connectivity index (χ4n) is 1.71. The SMILES string of the molecule is CCC(C)(C)C(CC(=O)C(C)(C)C)C(C)=O. The van der Waals surface area contributed by atoms with E-state index < -0.39 is 0 Å². The lowest BCUT2D eigenvalue weighted by Crippen LogP contribution is -2.34. The van der Waals surface area contributed by atoms with Crippen LogP contribution >= 0.6 is 0 Å². The van der Waals surface area contributed by atoms with E-state index in [-0.39, 0.29) is 28.3 Å². The van der Waals surface area contributed by atoms with E-state index in [4.69, 9.17) is 0 Å². The standard InChI is InChI=1S/C14H26O2/c1-8-14(6,7)11(10(2)15)9-12(16)13(3,4)5/h11H,8-9H2,1-7H3. The molecule has 0 spiro atoms. The van der Waals surface area contributed by atoms with Crippen molar-refractivity contribution in [3.8, 4) is 0 Å². The fraction of sp³-hybridized carbons (Fsp3) is 0.857. The van der Waals surface area contributed by atoms with E-state index in [1.54, 1.807) is 6.92 Å². The van der Waals surface area contributed by atoms with Crippen LogP contribution in [0.5, 0.6) is 0 Å². The van der Waals surface area contributed by atoms with Gasteiger partial charge in [0.15, 0.2) is 0 Å². The molecule has 1 atom stereocenters. The third-order valence-electron chi connectivity index (χ3n) is 3.57. The van der Waals surface area contributed by atoms with Crippen molar-refractivity contribution >= 4 is 11.6 Å². The van der Waals surface area contributed by atoms with Gasteiger partial charge >= 0.3 is 0 Å². The molecule has 0 aliphatic carbocycles. The Bertz CT molecular complexity index is 269. The van der Waals surface area contributed by atoms with E-state index >= 15 is 0 Å². The minimum Gasteiger partial charge on any atom is -0.300 e. The van der Waals surface area contributed by atoms with Crippen LogP contribution in [-0.2, 0) is 9.59 Å². The van der Waals surface area contributed by atoms with Crippen molar-refractivity contribution in [2.24, 2.45) is 16.7 Å². The first kappa shape index (κ1) is 15.3. The molecule has 0 aliphatic heterocycles. The van der Waals surface area contributed by atoms with Crippen molar-refractivity contribution in [1.82, 2.24) is 0 Å². The van der Waals surface area contributed by atoms with Crippen molar-refractivity contribution in [1.29, 1.82) is 0 Å². The second-order valence-electron chi connectivity index (χ2n) is 6.38. The van der Waals surface area contributed by atoms with Gasteiger partial charge in [-0.2, -0.15) is 0 Å². The van der Waals surface area contributed by atoms with Crippen molar-refractivity contribution in [3.05, 3.63) is 0 Å². The molecule has 0 radical (unpaired) electrons. The summed E-state index contributed by atoms with van der Waals surface area (Å²) in [5, 5.41) is 0. The highest BCUT2D eigenvalue weighted by Crippen LogP contribution is 2.35. The number of carbonyl (C=O) groups excluding carboxylic acids is 2. The van der Waals surface area contributed by atoms with Crippen LogP contribution in [0.4, 0.5) is 0 Å². The van der Waals surface area contributed by atoms with Gasteiger partial charge in [-0.1, -0.05) is 48.0 Å². The molecule has 0 aliphatic rings. The minimum absolute atomic E-state index is 0.0905. The van der Waals surface area contributed by atoms with Gasteiger partial charge in [-0.15, -0.1) is 0 Å². The summed E-state index contributed by atoms with van der Waals surface area (Å²) < 4.78 is 0. The van der Waals surface area contributed by atoms with E-state index in [0.717, 1.165) is 6.42 Å². The average Bonchev–Trinajstić information content (AvgIpc) is 2.11. The van der Waals surface area contributed by atoms with E-state index in [1.165, 1.54) is 0 Å². The van der Waals surface area contributed by atoms with E-state index in [0.29, 0.717) is 6.42 Å². The quantitative estimate of drug-likeness (QED) is 0.717. The Morgan fingerprint density at radius 1 is 1.06 bits per heavy atom. The van der Waals surface area contributed by atoms with Crippen LogP contribution in [0, 0.1) is 16.7 Å². The Kier molecular flexibility index (Phi) is 4.90. The number of Topliss-reactive ketones (excluding diaryl/α,β-unsaturated/α-hetero) is 2. The molecule has 0 aromatic rings. The van der Waals surface area contributed by atoms with Crippen LogP contribution in [0.15, 0.2) is 0 Å². The number of hydrogen-bond donors (Lipinski definition) is 0. The van der Waals surface area contributed by atoms with Gasteiger partial charge in [-0.3, -0.25) is 9.59 Å². The average molecular weight is 226 g/mol. The summed E-state index contributed by atoms with van der Waals surface area (Å²) in [7, 11) is 0. The van der Waals surface area contributed by atoms with Crippen molar-refractivity contribution in [3.63, 3.8) is 0 Å². The third kappa shape index (κ3) is 4.07. The Labute approximate surface area is 99.8 Å². The lowest BCUT2D eigenvalue weighted by Gasteiger charge is -2.32. The zero-order valence-corrected chi connectivity index (χ0v) is 11.8. The molecule has 0 rings (SSSR count). The molecule has 1 unspecified atom stereocenters. The lowest BCUT2D eigenvalue weighted by atomic mass is 9.70. The van der Waals surface area contributed by atoms with Gasteiger partial charge in [-0.25, -0.2) is 0 Å². The van der Waals surface area contributed by atoms with Gasteiger partial charge in [0.05, 0.1) is 0 Å². The summed E-state index contributed by atoms with van der Waals surface area (Å²) >= 11 is 0. The first-order chi connectivity index (χ1) is 7.02. The summed E-state index contributed by atoms with van der Waals surface area (Å²) in [6, 6.07) is 0. The van der Waals surface area contributed by atoms with Gasteiger partial charge in [-0.05, 0) is 12.3 Å². The highest BCUT2D eigenvalue weighted by molar-refractivity contribution is 5.89. The Balaban J connectivity index is 4.87. The van der Waals surface area contributed by atoms with E-state index in [1.807, 2.05) is 20.8 Å². The van der Waals surface area contributed by atoms with Crippen molar-refractivity contribution in [2.75, 3.05) is 0 Å². The first-order valence-corrected chi connectivity index (χ1v) is 6.06. The predicted octanol–water partition coefficient (Wildman–Crippen LogP) is 3.63. The monoisotopic (exact) mass is 226 g/mol. The Hall–Kier alpha value is -0.660. The molecule has 0 aromatic heterocycles. The minimum atomic E-state index is -0.350. The maximum atomic E-state index is 12.0. The zero-order valence-electron chi connectivity index (χ0n) is 11.8. The molecular weight excluding hydrogens is 200 g/mol. The molecule has 2 heteroatoms. The van der Waals surface area contributed by atoms with Crippen LogP contribution in [0.3, 0.4) is 0 Å². The molecule has 0 fully saturated rings. The first-order valence-electron chi connectivity index (χ1n) is 6.06. The number of ketones is 2. The molecule has 0 saturated carbocycles. The van der Waals surface area contributed by atoms with Crippen LogP contribution < -0.4 is 0 Å². The summed E-state index contributed by atoms with van der Waals surface area (Å²) in [6.45, 7) is 13.5. The third-order valence-corrected chi connectivity index (χ3v) is 3.57. The predicted molar refractivity (Wildman–Crippen MR) is 67.3 cm³/mol. The highest BCUT2D eigenvalue weighted by Gasteiger charge is 2.35. The van der Waals surface area contributed by atoms with Gasteiger partial charge in [0.25, 0.3) is 0 Å². The van der Waals surface area contributed by atoms with Gasteiger partial charge < -0.3 is 0 Å². The highest BCUT2D eigenvalue weighted by atomic mass is 16.1. The molecule has 16 heavy (non-hydrogen) atoms. The number of carbonyl (C=O) groups is 2. The van der Waals surface area contributed by atoms with Gasteiger partial charge in [0, 0.05) is 17.8 Å². The molecule has 94 valence electrons. The molecule has 0 amide bonds. The Morgan fingerprint density at radius 2 is 1.50 bits per heavy atom. The molecule has 0 heterocycles. The lowest BCUT2D eigenvalue weighted by molar-refractivity contribution is -0.134. The summed E-state index contributed by atoms with van der Waals surface area (Å²) in [6.07, 6.45) is 1.29. The molecule has 0 N–H and O–H groups in total. The largest absolute Gasteiger partial charge is 0.300 e. The van der Waals surface area contributed by atoms with Crippen LogP contribution in [0.25, 0.3) is 0 Å². The second kappa shape index (κ2) is 5.11. The van der Waals surface area contributed by atoms with Crippen molar-refractivity contribution < 1.29 is 9.59 Å². The normalized spacial score (nSPS) is 14.7. The number of rotatable bonds is 5. The zero-order chi connectivity index (χ0) is 13.1. The summed E-state index contributed by atoms with van der Waals surface area (Å²) in [5.41, 5.74) is -0.440. The maximum absolute atomic E-state index is 12.0. The number of hydrogen-bond acceptors (Lipinski definition) is 2. The van der Waals surface area contributed by atoms with E-state index in [9.17, 15) is 9.59 Å². The molecule has 2 nitrogen and oxygen atoms in total. The molecule has 0 aromatic carbocycles. The van der Waals surface area contributed by atoms with Crippen LogP contribution in [-0.4, -0.2) is 11.6 Å². The summed E-state index contributed by atoms with van der Waals surface area (Å²) in [4.78, 5) is 23.6. The fourth-order valence-corrected chi connectivity index (χ4v) is 1.71. The van der Waals surface area contributed by atoms with Crippen molar-refractivity contribution in [2.45, 2.75) is 61.3 Å². The smallest absolute Gasteiger partial charge is 0.138 e.